The number of rotatable bonds is 7. The van der Waals surface area contributed by atoms with E-state index in [2.05, 4.69) is 30.8 Å². The van der Waals surface area contributed by atoms with Gasteiger partial charge in [-0.3, -0.25) is 14.4 Å². The number of anilines is 1. The Morgan fingerprint density at radius 2 is 1.82 bits per heavy atom. The topological polar surface area (TPSA) is 150 Å². The van der Waals surface area contributed by atoms with Crippen LogP contribution in [0.3, 0.4) is 0 Å². The molecule has 0 aliphatic heterocycles. The van der Waals surface area contributed by atoms with Gasteiger partial charge >= 0.3 is 0 Å². The second kappa shape index (κ2) is 9.10. The molecular weight excluding hydrogens is 475 g/mol. The molecule has 0 aliphatic rings. The molecule has 0 saturated heterocycles. The van der Waals surface area contributed by atoms with Crippen LogP contribution in [0.2, 0.25) is 5.02 Å². The molecule has 0 unspecified atom stereocenters. The van der Waals surface area contributed by atoms with Gasteiger partial charge in [0.1, 0.15) is 23.2 Å². The van der Waals surface area contributed by atoms with E-state index in [9.17, 15) is 17.6 Å². The highest BCUT2D eigenvalue weighted by molar-refractivity contribution is 7.85. The molecule has 33 heavy (non-hydrogen) atoms. The largest absolute Gasteiger partial charge is 0.363 e. The number of carbonyl (C=O) groups is 1. The molecule has 13 heteroatoms. The summed E-state index contributed by atoms with van der Waals surface area (Å²) in [5, 5.41) is 12.6. The smallest absolute Gasteiger partial charge is 0.294 e. The van der Waals surface area contributed by atoms with E-state index >= 15 is 0 Å². The van der Waals surface area contributed by atoms with Gasteiger partial charge in [-0.05, 0) is 35.4 Å². The Hall–Kier alpha value is -3.61. The molecule has 2 aromatic carbocycles. The maximum Gasteiger partial charge on any atom is 0.294 e. The molecule has 10 nitrogen and oxygen atoms in total. The predicted octanol–water partition coefficient (Wildman–Crippen LogP) is 2.93. The first-order valence-corrected chi connectivity index (χ1v) is 11.3. The van der Waals surface area contributed by atoms with Crippen molar-refractivity contribution in [2.45, 2.75) is 18.0 Å². The zero-order valence-corrected chi connectivity index (χ0v) is 18.3. The van der Waals surface area contributed by atoms with Crippen molar-refractivity contribution in [3.63, 3.8) is 0 Å². The second-order valence-electron chi connectivity index (χ2n) is 6.92. The van der Waals surface area contributed by atoms with E-state index in [0.717, 1.165) is 5.56 Å². The first-order valence-electron chi connectivity index (χ1n) is 9.44. The minimum Gasteiger partial charge on any atom is -0.363 e. The molecule has 0 bridgehead atoms. The van der Waals surface area contributed by atoms with Crippen LogP contribution in [0.5, 0.6) is 0 Å². The van der Waals surface area contributed by atoms with Gasteiger partial charge in [0, 0.05) is 13.1 Å². The normalized spacial score (nSPS) is 11.5. The van der Waals surface area contributed by atoms with Gasteiger partial charge in [0.25, 0.3) is 16.0 Å². The Kier molecular flexibility index (Phi) is 6.22. The average molecular weight is 491 g/mol. The van der Waals surface area contributed by atoms with Crippen molar-refractivity contribution in [1.82, 2.24) is 25.5 Å². The molecule has 0 spiro atoms. The molecular formula is C20H16ClFN6O4S. The fraction of sp³-hybridized carbons (Fsp3) is 0.100. The lowest BCUT2D eigenvalue weighted by Gasteiger charge is -2.07. The van der Waals surface area contributed by atoms with Crippen molar-refractivity contribution in [3.05, 3.63) is 76.5 Å². The summed E-state index contributed by atoms with van der Waals surface area (Å²) in [7, 11) is -4.26. The Bertz CT molecular complexity index is 1440. The number of hydrogen-bond donors (Lipinski definition) is 4. The van der Waals surface area contributed by atoms with Crippen LogP contribution < -0.4 is 10.6 Å². The van der Waals surface area contributed by atoms with Crippen LogP contribution in [0.4, 0.5) is 10.2 Å². The van der Waals surface area contributed by atoms with Gasteiger partial charge in [-0.1, -0.05) is 29.8 Å². The van der Waals surface area contributed by atoms with Crippen LogP contribution in [-0.4, -0.2) is 39.0 Å². The zero-order valence-electron chi connectivity index (χ0n) is 16.7. The molecule has 1 amide bonds. The third kappa shape index (κ3) is 5.08. The highest BCUT2D eigenvalue weighted by Crippen LogP contribution is 2.21. The Labute approximate surface area is 192 Å². The molecule has 170 valence electrons. The van der Waals surface area contributed by atoms with Crippen LogP contribution in [0.15, 0.2) is 53.7 Å². The number of nitrogens with zero attached hydrogens (tertiary/aromatic N) is 3. The molecule has 0 saturated carbocycles. The lowest BCUT2D eigenvalue weighted by Crippen LogP contribution is -2.24. The van der Waals surface area contributed by atoms with E-state index in [-0.39, 0.29) is 28.7 Å². The number of carbonyl (C=O) groups excluding carboxylic acids is 1. The lowest BCUT2D eigenvalue weighted by molar-refractivity contribution is 0.0947. The fourth-order valence-corrected chi connectivity index (χ4v) is 3.70. The standard InChI is InChI=1S/C20H16ClFN6O4S/c21-14-7-12(3-6-15(14)22)9-24-20(29)18-16-17(25-10-26-18)19(28-27-16)23-8-11-1-4-13(5-2-11)33(30,31)32/h1-7,10H,8-9H2,(H,24,29)(H2,23,27,28)(H,30,31,32). The minimum absolute atomic E-state index is 0.0388. The molecule has 4 N–H and O–H groups in total. The first-order chi connectivity index (χ1) is 15.7. The SMILES string of the molecule is O=C(NCc1ccc(F)c(Cl)c1)c1ncnc2c(NCc3ccc(S(=O)(=O)O)cc3)n[nH]c12. The van der Waals surface area contributed by atoms with Crippen molar-refractivity contribution in [1.29, 1.82) is 0 Å². The number of hydrogen-bond acceptors (Lipinski definition) is 7. The van der Waals surface area contributed by atoms with Crippen molar-refractivity contribution >= 4 is 44.5 Å². The number of benzene rings is 2. The second-order valence-corrected chi connectivity index (χ2v) is 8.75. The number of halogens is 2. The summed E-state index contributed by atoms with van der Waals surface area (Å²) in [6.45, 7) is 0.395. The van der Waals surface area contributed by atoms with Crippen LogP contribution >= 0.6 is 11.6 Å². The van der Waals surface area contributed by atoms with Gasteiger partial charge in [-0.15, -0.1) is 0 Å². The molecule has 2 aromatic heterocycles. The van der Waals surface area contributed by atoms with E-state index in [0.29, 0.717) is 22.4 Å². The van der Waals surface area contributed by atoms with Gasteiger partial charge in [-0.25, -0.2) is 14.4 Å². The summed E-state index contributed by atoms with van der Waals surface area (Å²) >= 11 is 5.76. The van der Waals surface area contributed by atoms with Crippen molar-refractivity contribution in [3.8, 4) is 0 Å². The van der Waals surface area contributed by atoms with Crippen molar-refractivity contribution in [2.75, 3.05) is 5.32 Å². The zero-order chi connectivity index (χ0) is 23.6. The third-order valence-corrected chi connectivity index (χ3v) is 5.84. The van der Waals surface area contributed by atoms with Crippen LogP contribution in [0, 0.1) is 5.82 Å². The van der Waals surface area contributed by atoms with Gasteiger partial charge in [0.05, 0.1) is 9.92 Å². The maximum atomic E-state index is 13.3. The first kappa shape index (κ1) is 22.6. The molecule has 0 atom stereocenters. The van der Waals surface area contributed by atoms with Gasteiger partial charge < -0.3 is 10.6 Å². The van der Waals surface area contributed by atoms with Crippen molar-refractivity contribution < 1.29 is 22.2 Å². The monoisotopic (exact) mass is 490 g/mol. The highest BCUT2D eigenvalue weighted by atomic mass is 35.5. The summed E-state index contributed by atoms with van der Waals surface area (Å²) in [4.78, 5) is 20.6. The molecule has 4 rings (SSSR count). The number of aromatic nitrogens is 4. The number of aromatic amines is 1. The maximum absolute atomic E-state index is 13.3. The van der Waals surface area contributed by atoms with Gasteiger partial charge in [-0.2, -0.15) is 13.5 Å². The van der Waals surface area contributed by atoms with E-state index in [1.807, 2.05) is 0 Å². The number of amides is 1. The Morgan fingerprint density at radius 1 is 1.09 bits per heavy atom. The summed E-state index contributed by atoms with van der Waals surface area (Å²) in [6, 6.07) is 9.81. The number of nitrogens with one attached hydrogen (secondary N) is 3. The number of H-pyrrole nitrogens is 1. The molecule has 4 aromatic rings. The average Bonchev–Trinajstić information content (AvgIpc) is 3.21. The van der Waals surface area contributed by atoms with E-state index in [1.165, 1.54) is 36.7 Å². The fourth-order valence-electron chi connectivity index (χ4n) is 3.01. The lowest BCUT2D eigenvalue weighted by atomic mass is 10.2. The molecule has 2 heterocycles. The molecule has 0 aliphatic carbocycles. The summed E-state index contributed by atoms with van der Waals surface area (Å²) < 4.78 is 44.6. The van der Waals surface area contributed by atoms with E-state index < -0.39 is 21.8 Å². The van der Waals surface area contributed by atoms with Gasteiger partial charge in [0.15, 0.2) is 11.5 Å². The van der Waals surface area contributed by atoms with E-state index in [1.54, 1.807) is 12.1 Å². The Balaban J connectivity index is 1.46. The van der Waals surface area contributed by atoms with E-state index in [4.69, 9.17) is 16.2 Å². The Morgan fingerprint density at radius 3 is 2.52 bits per heavy atom. The quantitative estimate of drug-likeness (QED) is 0.289. The summed E-state index contributed by atoms with van der Waals surface area (Å²) in [6.07, 6.45) is 1.23. The predicted molar refractivity (Wildman–Crippen MR) is 118 cm³/mol. The van der Waals surface area contributed by atoms with Gasteiger partial charge in [0.2, 0.25) is 0 Å². The molecule has 0 fully saturated rings. The minimum atomic E-state index is -4.26. The highest BCUT2D eigenvalue weighted by Gasteiger charge is 2.17. The molecule has 0 radical (unpaired) electrons. The van der Waals surface area contributed by atoms with Crippen LogP contribution in [0.25, 0.3) is 11.0 Å². The third-order valence-electron chi connectivity index (χ3n) is 4.68. The number of fused-ring (bicyclic) bond motifs is 1. The summed E-state index contributed by atoms with van der Waals surface area (Å²) in [5.74, 6) is -0.666. The van der Waals surface area contributed by atoms with Crippen LogP contribution in [-0.2, 0) is 23.2 Å². The summed E-state index contributed by atoms with van der Waals surface area (Å²) in [5.41, 5.74) is 2.12. The van der Waals surface area contributed by atoms with Crippen molar-refractivity contribution in [2.24, 2.45) is 0 Å². The van der Waals surface area contributed by atoms with Crippen LogP contribution in [0.1, 0.15) is 21.6 Å².